The molecule has 0 nitrogen and oxygen atoms in total. The molecule has 0 aliphatic rings. The van der Waals surface area contributed by atoms with Crippen molar-refractivity contribution in [3.8, 4) is 0 Å². The second-order valence-electron chi connectivity index (χ2n) is 2.71. The molecule has 0 aliphatic heterocycles. The van der Waals surface area contributed by atoms with Gasteiger partial charge < -0.3 is 0 Å². The van der Waals surface area contributed by atoms with E-state index < -0.39 is 0 Å². The van der Waals surface area contributed by atoms with Crippen LogP contribution in [0.5, 0.6) is 0 Å². The first-order valence-corrected chi connectivity index (χ1v) is 3.60. The molecule has 0 bridgehead atoms. The zero-order valence-corrected chi connectivity index (χ0v) is 6.81. The molecule has 0 saturated heterocycles. The average Bonchev–Trinajstić information content (AvgIpc) is 1.85. The Bertz CT molecular complexity index is 203. The van der Waals surface area contributed by atoms with Crippen molar-refractivity contribution < 1.29 is 0 Å². The molecule has 0 radical (unpaired) electrons. The average molecular weight is 133 g/mol. The van der Waals surface area contributed by atoms with Gasteiger partial charge in [-0.1, -0.05) is 26.8 Å². The van der Waals surface area contributed by atoms with Crippen LogP contribution in [-0.4, -0.2) is 0 Å². The van der Waals surface area contributed by atoms with Crippen molar-refractivity contribution in [2.24, 2.45) is 0 Å². The summed E-state index contributed by atoms with van der Waals surface area (Å²) in [5, 5.41) is 0. The molecule has 0 aromatic heterocycles. The van der Waals surface area contributed by atoms with E-state index in [2.05, 4.69) is 45.4 Å². The molecule has 10 heavy (non-hydrogen) atoms. The molecule has 1 aromatic carbocycles. The molecule has 1 aromatic rings. The molecule has 0 atom stereocenters. The topological polar surface area (TPSA) is 0 Å². The van der Waals surface area contributed by atoms with Gasteiger partial charge in [0.15, 0.2) is 0 Å². The molecule has 54 valence electrons. The molecule has 0 fully saturated rings. The lowest BCUT2D eigenvalue weighted by Gasteiger charge is -2.09. The highest BCUT2D eigenvalue weighted by Gasteiger charge is 1.82. The van der Waals surface area contributed by atoms with Gasteiger partial charge >= 0.3 is 0 Å². The maximum absolute atomic E-state index is 2.19. The first kappa shape index (κ1) is 7.20. The fourth-order valence-electron chi connectivity index (χ4n) is 1.18. The summed E-state index contributed by atoms with van der Waals surface area (Å²) < 4.78 is 0. The summed E-state index contributed by atoms with van der Waals surface area (Å²) in [4.78, 5) is 0. The summed E-state index contributed by atoms with van der Waals surface area (Å²) in [6, 6.07) is 6.56. The highest BCUT2D eigenvalue weighted by Crippen LogP contribution is 2.09. The van der Waals surface area contributed by atoms with Crippen LogP contribution in [0.25, 0.3) is 0 Å². The smallest absolute Gasteiger partial charge is 0.0514 e. The summed E-state index contributed by atoms with van der Waals surface area (Å²) in [6.07, 6.45) is 2.12. The molecule has 1 rings (SSSR count). The predicted molar refractivity (Wildman–Crippen MR) is 45.0 cm³/mol. The molecule has 0 N–H and O–H groups in total. The Morgan fingerprint density at radius 1 is 1.00 bits per heavy atom. The Balaban J connectivity index is 3.06. The lowest BCUT2D eigenvalue weighted by atomic mass is 10.1. The van der Waals surface area contributed by atoms with Gasteiger partial charge in [0, 0.05) is 0 Å². The van der Waals surface area contributed by atoms with E-state index in [0.717, 1.165) is 0 Å². The standard InChI is InChI=1S/C10H13/c1-4-10-6-8(2)5-9(3)7-10/h4-7H,1-3H3/q-1. The van der Waals surface area contributed by atoms with E-state index in [1.807, 2.05) is 0 Å². The van der Waals surface area contributed by atoms with Crippen molar-refractivity contribution in [3.05, 3.63) is 41.3 Å². The quantitative estimate of drug-likeness (QED) is 0.517. The van der Waals surface area contributed by atoms with Crippen LogP contribution in [-0.2, 0) is 0 Å². The number of benzene rings is 1. The summed E-state index contributed by atoms with van der Waals surface area (Å²) >= 11 is 0. The molecule has 0 amide bonds. The maximum atomic E-state index is 2.19. The van der Waals surface area contributed by atoms with Crippen LogP contribution in [0.3, 0.4) is 0 Å². The predicted octanol–water partition coefficient (Wildman–Crippen LogP) is 2.88. The molecule has 0 heteroatoms. The van der Waals surface area contributed by atoms with Crippen LogP contribution in [0, 0.1) is 20.3 Å². The molecule has 0 saturated carbocycles. The number of hydrogen-bond donors (Lipinski definition) is 0. The third-order valence-corrected chi connectivity index (χ3v) is 1.58. The number of hydrogen-bond acceptors (Lipinski definition) is 0. The molecule has 0 spiro atoms. The van der Waals surface area contributed by atoms with Crippen molar-refractivity contribution in [2.75, 3.05) is 0 Å². The number of aryl methyl sites for hydroxylation is 2. The van der Waals surface area contributed by atoms with Crippen molar-refractivity contribution in [2.45, 2.75) is 20.8 Å². The first-order chi connectivity index (χ1) is 4.72. The van der Waals surface area contributed by atoms with Gasteiger partial charge in [0.2, 0.25) is 0 Å². The van der Waals surface area contributed by atoms with Crippen LogP contribution in [0.2, 0.25) is 0 Å². The van der Waals surface area contributed by atoms with Gasteiger partial charge in [-0.05, 0) is 0 Å². The van der Waals surface area contributed by atoms with Gasteiger partial charge in [0.05, 0.1) is 0 Å². The zero-order valence-electron chi connectivity index (χ0n) is 6.81. The lowest BCUT2D eigenvalue weighted by molar-refractivity contribution is 1.31. The van der Waals surface area contributed by atoms with Crippen LogP contribution < -0.4 is 0 Å². The molecular formula is C10H13-. The fraction of sp³-hybridized carbons (Fsp3) is 0.300. The normalized spacial score (nSPS) is 9.50. The summed E-state index contributed by atoms with van der Waals surface area (Å²) in [7, 11) is 0. The Kier molecular flexibility index (Phi) is 2.00. The van der Waals surface area contributed by atoms with E-state index in [9.17, 15) is 0 Å². The summed E-state index contributed by atoms with van der Waals surface area (Å²) in [5.41, 5.74) is 4.00. The van der Waals surface area contributed by atoms with Gasteiger partial charge in [-0.25, -0.2) is 0 Å². The highest BCUT2D eigenvalue weighted by atomic mass is 14.0. The second kappa shape index (κ2) is 2.78. The summed E-state index contributed by atoms with van der Waals surface area (Å²) in [5.74, 6) is 0. The SMILES string of the molecule is C[CH-]c1cc(C)cc(C)c1. The third-order valence-electron chi connectivity index (χ3n) is 1.58. The van der Waals surface area contributed by atoms with E-state index in [0.29, 0.717) is 0 Å². The Hall–Kier alpha value is -0.910. The Labute approximate surface area is 62.9 Å². The molecule has 0 unspecified atom stereocenters. The van der Waals surface area contributed by atoms with E-state index in [1.54, 1.807) is 0 Å². The minimum Gasteiger partial charge on any atom is -0.192 e. The van der Waals surface area contributed by atoms with Crippen LogP contribution >= 0.6 is 0 Å². The minimum atomic E-state index is 1.32. The van der Waals surface area contributed by atoms with Gasteiger partial charge in [0.25, 0.3) is 0 Å². The van der Waals surface area contributed by atoms with Gasteiger partial charge in [-0.2, -0.15) is 24.1 Å². The molecular weight excluding hydrogens is 120 g/mol. The summed E-state index contributed by atoms with van der Waals surface area (Å²) in [6.45, 7) is 6.31. The minimum absolute atomic E-state index is 1.32. The van der Waals surface area contributed by atoms with Gasteiger partial charge in [-0.3, -0.25) is 0 Å². The Morgan fingerprint density at radius 3 is 1.90 bits per heavy atom. The van der Waals surface area contributed by atoms with Crippen molar-refractivity contribution in [3.63, 3.8) is 0 Å². The second-order valence-corrected chi connectivity index (χ2v) is 2.71. The van der Waals surface area contributed by atoms with E-state index in [1.165, 1.54) is 16.7 Å². The van der Waals surface area contributed by atoms with Gasteiger partial charge in [0.1, 0.15) is 0 Å². The Morgan fingerprint density at radius 2 is 1.50 bits per heavy atom. The van der Waals surface area contributed by atoms with Crippen LogP contribution in [0.15, 0.2) is 18.2 Å². The highest BCUT2D eigenvalue weighted by molar-refractivity contribution is 5.32. The molecule has 0 heterocycles. The number of rotatable bonds is 1. The molecule has 0 aliphatic carbocycles. The lowest BCUT2D eigenvalue weighted by Crippen LogP contribution is -1.81. The zero-order chi connectivity index (χ0) is 7.56. The van der Waals surface area contributed by atoms with Crippen molar-refractivity contribution in [1.82, 2.24) is 0 Å². The van der Waals surface area contributed by atoms with E-state index in [4.69, 9.17) is 0 Å². The van der Waals surface area contributed by atoms with Crippen LogP contribution in [0.4, 0.5) is 0 Å². The van der Waals surface area contributed by atoms with E-state index in [-0.39, 0.29) is 0 Å². The first-order valence-electron chi connectivity index (χ1n) is 3.60. The fourth-order valence-corrected chi connectivity index (χ4v) is 1.18. The third kappa shape index (κ3) is 1.53. The van der Waals surface area contributed by atoms with Crippen molar-refractivity contribution in [1.29, 1.82) is 0 Å². The largest absolute Gasteiger partial charge is 0.192 e. The maximum Gasteiger partial charge on any atom is -0.0514 e. The van der Waals surface area contributed by atoms with Gasteiger partial charge in [-0.15, -0.1) is 11.1 Å². The van der Waals surface area contributed by atoms with Crippen molar-refractivity contribution >= 4 is 0 Å². The van der Waals surface area contributed by atoms with Crippen LogP contribution in [0.1, 0.15) is 23.6 Å². The van der Waals surface area contributed by atoms with E-state index >= 15 is 0 Å². The monoisotopic (exact) mass is 133 g/mol.